The zero-order chi connectivity index (χ0) is 18.5. The molecular formula is C18H19Cl2FN4O2. The molecule has 9 heteroatoms. The lowest BCUT2D eigenvalue weighted by Gasteiger charge is -2.14. The zero-order valence-electron chi connectivity index (χ0n) is 14.5. The van der Waals surface area contributed by atoms with Gasteiger partial charge in [0, 0.05) is 17.1 Å². The highest BCUT2D eigenvalue weighted by atomic mass is 35.5. The Morgan fingerprint density at radius 1 is 1.19 bits per heavy atom. The third-order valence-electron chi connectivity index (χ3n) is 3.71. The molecule has 2 aromatic carbocycles. The lowest BCUT2D eigenvalue weighted by atomic mass is 10.2. The van der Waals surface area contributed by atoms with Crippen molar-refractivity contribution in [3.63, 3.8) is 0 Å². The van der Waals surface area contributed by atoms with Crippen molar-refractivity contribution in [1.82, 2.24) is 9.97 Å². The van der Waals surface area contributed by atoms with Crippen molar-refractivity contribution >= 4 is 46.4 Å². The number of hydrogen-bond acceptors (Lipinski definition) is 6. The van der Waals surface area contributed by atoms with Gasteiger partial charge in [0.1, 0.15) is 18.0 Å². The predicted octanol–water partition coefficient (Wildman–Crippen LogP) is 4.32. The molecule has 0 radical (unpaired) electrons. The third kappa shape index (κ3) is 4.88. The van der Waals surface area contributed by atoms with Gasteiger partial charge in [0.05, 0.1) is 24.3 Å². The van der Waals surface area contributed by atoms with Crippen molar-refractivity contribution in [3.8, 4) is 11.5 Å². The Bertz CT molecular complexity index is 927. The van der Waals surface area contributed by atoms with Crippen LogP contribution >= 0.6 is 24.0 Å². The van der Waals surface area contributed by atoms with Crippen LogP contribution in [0.4, 0.5) is 15.9 Å². The predicted molar refractivity (Wildman–Crippen MR) is 107 cm³/mol. The summed E-state index contributed by atoms with van der Waals surface area (Å²) in [5.41, 5.74) is 6.80. The van der Waals surface area contributed by atoms with Crippen LogP contribution in [0.3, 0.4) is 0 Å². The molecule has 0 bridgehead atoms. The van der Waals surface area contributed by atoms with Gasteiger partial charge in [0.25, 0.3) is 0 Å². The van der Waals surface area contributed by atoms with Gasteiger partial charge in [-0.3, -0.25) is 0 Å². The van der Waals surface area contributed by atoms with Gasteiger partial charge in [-0.1, -0.05) is 11.6 Å². The molecule has 27 heavy (non-hydrogen) atoms. The maximum Gasteiger partial charge on any atom is 0.162 e. The minimum absolute atomic E-state index is 0. The Labute approximate surface area is 167 Å². The smallest absolute Gasteiger partial charge is 0.162 e. The Morgan fingerprint density at radius 3 is 2.70 bits per heavy atom. The Morgan fingerprint density at radius 2 is 2.00 bits per heavy atom. The molecule has 0 saturated heterocycles. The number of nitrogens with zero attached hydrogens (tertiary/aromatic N) is 2. The molecule has 0 amide bonds. The number of anilines is 2. The molecule has 0 spiro atoms. The van der Waals surface area contributed by atoms with E-state index in [1.807, 2.05) is 0 Å². The first-order chi connectivity index (χ1) is 12.6. The molecule has 3 aromatic rings. The molecule has 1 heterocycles. The van der Waals surface area contributed by atoms with Crippen molar-refractivity contribution in [2.24, 2.45) is 5.73 Å². The van der Waals surface area contributed by atoms with Crippen LogP contribution in [0.15, 0.2) is 36.7 Å². The summed E-state index contributed by atoms with van der Waals surface area (Å²) in [6, 6.07) is 7.94. The van der Waals surface area contributed by atoms with Crippen LogP contribution in [-0.4, -0.2) is 30.2 Å². The molecule has 3 rings (SSSR count). The standard InChI is InChI=1S/C18H18ClFN4O2.ClH/c1-25-16-9-15-12(8-17(16)26-6-2-5-21)18(23-10-22-15)24-11-3-4-14(20)13(19)7-11;/h3-4,7-10H,2,5-6,21H2,1H3,(H,22,23,24);1H. The molecule has 0 aliphatic rings. The van der Waals surface area contributed by atoms with Gasteiger partial charge in [-0.05, 0) is 37.2 Å². The summed E-state index contributed by atoms with van der Waals surface area (Å²) in [5, 5.41) is 3.89. The first-order valence-electron chi connectivity index (χ1n) is 8.00. The van der Waals surface area contributed by atoms with E-state index in [0.717, 1.165) is 11.8 Å². The number of aromatic nitrogens is 2. The second kappa shape index (κ2) is 9.55. The van der Waals surface area contributed by atoms with Gasteiger partial charge in [-0.25, -0.2) is 14.4 Å². The summed E-state index contributed by atoms with van der Waals surface area (Å²) in [5.74, 6) is 1.21. The average molecular weight is 413 g/mol. The first kappa shape index (κ1) is 21.0. The number of nitrogens with two attached hydrogens (primary N) is 1. The van der Waals surface area contributed by atoms with E-state index in [-0.39, 0.29) is 17.4 Å². The van der Waals surface area contributed by atoms with Crippen molar-refractivity contribution in [2.45, 2.75) is 6.42 Å². The fourth-order valence-corrected chi connectivity index (χ4v) is 2.59. The molecule has 0 fully saturated rings. The van der Waals surface area contributed by atoms with Gasteiger partial charge < -0.3 is 20.5 Å². The van der Waals surface area contributed by atoms with Crippen LogP contribution in [-0.2, 0) is 0 Å². The van der Waals surface area contributed by atoms with Crippen LogP contribution in [0.1, 0.15) is 6.42 Å². The molecular weight excluding hydrogens is 394 g/mol. The van der Waals surface area contributed by atoms with E-state index in [1.165, 1.54) is 18.5 Å². The van der Waals surface area contributed by atoms with Gasteiger partial charge in [0.2, 0.25) is 0 Å². The normalized spacial score (nSPS) is 10.4. The lowest BCUT2D eigenvalue weighted by molar-refractivity contribution is 0.292. The fourth-order valence-electron chi connectivity index (χ4n) is 2.41. The number of rotatable bonds is 7. The van der Waals surface area contributed by atoms with Crippen LogP contribution in [0.2, 0.25) is 5.02 Å². The fraction of sp³-hybridized carbons (Fsp3) is 0.222. The molecule has 3 N–H and O–H groups in total. The van der Waals surface area contributed by atoms with Crippen molar-refractivity contribution in [1.29, 1.82) is 0 Å². The highest BCUT2D eigenvalue weighted by Gasteiger charge is 2.12. The van der Waals surface area contributed by atoms with Gasteiger partial charge in [-0.2, -0.15) is 0 Å². The minimum atomic E-state index is -0.481. The third-order valence-corrected chi connectivity index (χ3v) is 4.00. The highest BCUT2D eigenvalue weighted by Crippen LogP contribution is 2.35. The molecule has 0 aliphatic carbocycles. The van der Waals surface area contributed by atoms with Crippen molar-refractivity contribution < 1.29 is 13.9 Å². The van der Waals surface area contributed by atoms with Crippen LogP contribution < -0.4 is 20.5 Å². The van der Waals surface area contributed by atoms with Crippen LogP contribution in [0, 0.1) is 5.82 Å². The number of nitrogens with one attached hydrogen (secondary N) is 1. The number of benzene rings is 2. The lowest BCUT2D eigenvalue weighted by Crippen LogP contribution is -2.07. The molecule has 144 valence electrons. The topological polar surface area (TPSA) is 82.3 Å². The number of halogens is 3. The Balaban J connectivity index is 0.00000261. The second-order valence-electron chi connectivity index (χ2n) is 5.49. The average Bonchev–Trinajstić information content (AvgIpc) is 2.65. The molecule has 0 unspecified atom stereocenters. The van der Waals surface area contributed by atoms with Gasteiger partial charge >= 0.3 is 0 Å². The quantitative estimate of drug-likeness (QED) is 0.562. The molecule has 6 nitrogen and oxygen atoms in total. The van der Waals surface area contributed by atoms with E-state index in [9.17, 15) is 4.39 Å². The molecule has 0 atom stereocenters. The monoisotopic (exact) mass is 412 g/mol. The summed E-state index contributed by atoms with van der Waals surface area (Å²) >= 11 is 5.84. The maximum absolute atomic E-state index is 13.3. The summed E-state index contributed by atoms with van der Waals surface area (Å²) in [7, 11) is 1.57. The molecule has 1 aromatic heterocycles. The zero-order valence-corrected chi connectivity index (χ0v) is 16.1. The summed E-state index contributed by atoms with van der Waals surface area (Å²) in [6.45, 7) is 1.01. The van der Waals surface area contributed by atoms with Gasteiger partial charge in [-0.15, -0.1) is 12.4 Å². The van der Waals surface area contributed by atoms with E-state index in [0.29, 0.717) is 41.7 Å². The van der Waals surface area contributed by atoms with E-state index < -0.39 is 5.82 Å². The summed E-state index contributed by atoms with van der Waals surface area (Å²) < 4.78 is 24.5. The van der Waals surface area contributed by atoms with E-state index in [1.54, 1.807) is 25.3 Å². The van der Waals surface area contributed by atoms with E-state index >= 15 is 0 Å². The largest absolute Gasteiger partial charge is 0.493 e. The Hall–Kier alpha value is -2.35. The van der Waals surface area contributed by atoms with Crippen LogP contribution in [0.5, 0.6) is 11.5 Å². The second-order valence-corrected chi connectivity index (χ2v) is 5.89. The maximum atomic E-state index is 13.3. The van der Waals surface area contributed by atoms with E-state index in [4.69, 9.17) is 26.8 Å². The SMILES string of the molecule is COc1cc2ncnc(Nc3ccc(F)c(Cl)c3)c2cc1OCCCN.Cl. The van der Waals surface area contributed by atoms with Gasteiger partial charge in [0.15, 0.2) is 11.5 Å². The Kier molecular flexibility index (Phi) is 7.41. The summed E-state index contributed by atoms with van der Waals surface area (Å²) in [4.78, 5) is 8.54. The number of hydrogen-bond donors (Lipinski definition) is 2. The first-order valence-corrected chi connectivity index (χ1v) is 8.38. The highest BCUT2D eigenvalue weighted by molar-refractivity contribution is 6.31. The number of fused-ring (bicyclic) bond motifs is 1. The number of ether oxygens (including phenoxy) is 2. The van der Waals surface area contributed by atoms with Crippen molar-refractivity contribution in [3.05, 3.63) is 47.5 Å². The number of methoxy groups -OCH3 is 1. The molecule has 0 aliphatic heterocycles. The summed E-state index contributed by atoms with van der Waals surface area (Å²) in [6.07, 6.45) is 2.16. The van der Waals surface area contributed by atoms with Crippen molar-refractivity contribution in [2.75, 3.05) is 25.6 Å². The molecule has 0 saturated carbocycles. The van der Waals surface area contributed by atoms with Crippen LogP contribution in [0.25, 0.3) is 10.9 Å². The van der Waals surface area contributed by atoms with E-state index in [2.05, 4.69) is 15.3 Å². The minimum Gasteiger partial charge on any atom is -0.493 e.